The zero-order valence-electron chi connectivity index (χ0n) is 18.9. The molecule has 178 valence electrons. The zero-order valence-corrected chi connectivity index (χ0v) is 19.7. The largest absolute Gasteiger partial charge is 0.351 e. The van der Waals surface area contributed by atoms with Crippen LogP contribution < -0.4 is 10.0 Å². The summed E-state index contributed by atoms with van der Waals surface area (Å²) in [6.07, 6.45) is 0. The summed E-state index contributed by atoms with van der Waals surface area (Å²) in [5, 5.41) is 2.94. The lowest BCUT2D eigenvalue weighted by Gasteiger charge is -2.18. The van der Waals surface area contributed by atoms with Crippen molar-refractivity contribution in [3.05, 3.63) is 137 Å². The van der Waals surface area contributed by atoms with Gasteiger partial charge in [0.15, 0.2) is 0 Å². The van der Waals surface area contributed by atoms with Gasteiger partial charge in [0, 0.05) is 13.1 Å². The molecule has 0 aromatic heterocycles. The van der Waals surface area contributed by atoms with E-state index >= 15 is 0 Å². The standard InChI is InChI=1S/C28H25FN2O3S/c29-25-15-7-9-21(17-25)20-31-35(33,34)26-16-8-10-22(18-26)19-30-28(32)27(23-11-3-1-4-12-23)24-13-5-2-6-14-24/h1-18,27,31H,19-20H2,(H,30,32). The highest BCUT2D eigenvalue weighted by Gasteiger charge is 2.22. The van der Waals surface area contributed by atoms with Gasteiger partial charge in [0.25, 0.3) is 0 Å². The maximum Gasteiger partial charge on any atom is 0.240 e. The molecule has 0 aliphatic heterocycles. The van der Waals surface area contributed by atoms with Crippen LogP contribution in [0.25, 0.3) is 0 Å². The first-order valence-electron chi connectivity index (χ1n) is 11.1. The molecule has 0 fully saturated rings. The van der Waals surface area contributed by atoms with Crippen molar-refractivity contribution in [3.63, 3.8) is 0 Å². The molecule has 0 aliphatic carbocycles. The lowest BCUT2D eigenvalue weighted by molar-refractivity contribution is -0.121. The Bertz CT molecular complexity index is 1350. The van der Waals surface area contributed by atoms with Gasteiger partial charge in [-0.1, -0.05) is 84.9 Å². The van der Waals surface area contributed by atoms with Crippen molar-refractivity contribution in [2.75, 3.05) is 0 Å². The third kappa shape index (κ3) is 6.41. The summed E-state index contributed by atoms with van der Waals surface area (Å²) < 4.78 is 41.4. The van der Waals surface area contributed by atoms with Gasteiger partial charge in [-0.25, -0.2) is 17.5 Å². The number of hydrogen-bond donors (Lipinski definition) is 2. The molecule has 7 heteroatoms. The number of rotatable bonds is 9. The number of carbonyl (C=O) groups is 1. The Balaban J connectivity index is 1.46. The van der Waals surface area contributed by atoms with Gasteiger partial charge in [0.2, 0.25) is 15.9 Å². The minimum absolute atomic E-state index is 0.0309. The molecule has 0 aliphatic rings. The van der Waals surface area contributed by atoms with Gasteiger partial charge in [-0.05, 0) is 46.5 Å². The van der Waals surface area contributed by atoms with Gasteiger partial charge >= 0.3 is 0 Å². The van der Waals surface area contributed by atoms with E-state index in [-0.39, 0.29) is 23.9 Å². The number of amides is 1. The Labute approximate surface area is 204 Å². The first-order valence-corrected chi connectivity index (χ1v) is 12.6. The Hall–Kier alpha value is -3.81. The van der Waals surface area contributed by atoms with E-state index in [0.29, 0.717) is 11.1 Å². The van der Waals surface area contributed by atoms with Gasteiger partial charge in [-0.2, -0.15) is 0 Å². The molecule has 0 heterocycles. The first kappa shape index (κ1) is 24.3. The van der Waals surface area contributed by atoms with Crippen LogP contribution in [0.4, 0.5) is 4.39 Å². The van der Waals surface area contributed by atoms with Gasteiger partial charge < -0.3 is 5.32 Å². The topological polar surface area (TPSA) is 75.3 Å². The van der Waals surface area contributed by atoms with E-state index in [1.165, 1.54) is 30.3 Å². The molecule has 0 saturated carbocycles. The molecule has 0 saturated heterocycles. The fourth-order valence-corrected chi connectivity index (χ4v) is 4.90. The van der Waals surface area contributed by atoms with Crippen molar-refractivity contribution >= 4 is 15.9 Å². The molecular formula is C28H25FN2O3S. The minimum Gasteiger partial charge on any atom is -0.351 e. The SMILES string of the molecule is O=C(NCc1cccc(S(=O)(=O)NCc2cccc(F)c2)c1)C(c1ccccc1)c1ccccc1. The number of nitrogens with one attached hydrogen (secondary N) is 2. The summed E-state index contributed by atoms with van der Waals surface area (Å²) in [7, 11) is -3.82. The van der Waals surface area contributed by atoms with Crippen LogP contribution in [-0.4, -0.2) is 14.3 Å². The third-order valence-electron chi connectivity index (χ3n) is 5.56. The van der Waals surface area contributed by atoms with E-state index in [1.54, 1.807) is 18.2 Å². The van der Waals surface area contributed by atoms with E-state index in [4.69, 9.17) is 0 Å². The zero-order chi connectivity index (χ0) is 24.7. The Morgan fingerprint density at radius 3 is 1.89 bits per heavy atom. The average molecular weight is 489 g/mol. The molecule has 0 bridgehead atoms. The number of sulfonamides is 1. The number of hydrogen-bond acceptors (Lipinski definition) is 3. The molecular weight excluding hydrogens is 463 g/mol. The molecule has 0 unspecified atom stereocenters. The minimum atomic E-state index is -3.82. The predicted octanol–water partition coefficient (Wildman–Crippen LogP) is 4.75. The fourth-order valence-electron chi connectivity index (χ4n) is 3.81. The van der Waals surface area contributed by atoms with E-state index in [9.17, 15) is 17.6 Å². The quantitative estimate of drug-likeness (QED) is 0.357. The Kier molecular flexibility index (Phi) is 7.70. The maximum absolute atomic E-state index is 13.4. The molecule has 4 aromatic carbocycles. The normalized spacial score (nSPS) is 11.4. The number of carbonyl (C=O) groups excluding carboxylic acids is 1. The second kappa shape index (κ2) is 11.1. The van der Waals surface area contributed by atoms with Gasteiger partial charge in [-0.15, -0.1) is 0 Å². The van der Waals surface area contributed by atoms with Crippen molar-refractivity contribution in [2.45, 2.75) is 23.9 Å². The monoisotopic (exact) mass is 488 g/mol. The average Bonchev–Trinajstić information content (AvgIpc) is 2.88. The molecule has 0 radical (unpaired) electrons. The van der Waals surface area contributed by atoms with Crippen LogP contribution in [0.15, 0.2) is 114 Å². The van der Waals surface area contributed by atoms with Crippen molar-refractivity contribution in [2.24, 2.45) is 0 Å². The van der Waals surface area contributed by atoms with Gasteiger partial charge in [-0.3, -0.25) is 4.79 Å². The van der Waals surface area contributed by atoms with Crippen LogP contribution in [-0.2, 0) is 27.9 Å². The van der Waals surface area contributed by atoms with E-state index in [0.717, 1.165) is 11.1 Å². The van der Waals surface area contributed by atoms with E-state index in [1.807, 2.05) is 60.7 Å². The molecule has 4 rings (SSSR count). The molecule has 35 heavy (non-hydrogen) atoms. The third-order valence-corrected chi connectivity index (χ3v) is 6.96. The number of halogens is 1. The highest BCUT2D eigenvalue weighted by Crippen LogP contribution is 2.25. The van der Waals surface area contributed by atoms with E-state index in [2.05, 4.69) is 10.0 Å². The Morgan fingerprint density at radius 2 is 1.29 bits per heavy atom. The Morgan fingerprint density at radius 1 is 0.714 bits per heavy atom. The number of benzene rings is 4. The highest BCUT2D eigenvalue weighted by atomic mass is 32.2. The highest BCUT2D eigenvalue weighted by molar-refractivity contribution is 7.89. The van der Waals surface area contributed by atoms with E-state index < -0.39 is 21.8 Å². The lowest BCUT2D eigenvalue weighted by atomic mass is 9.90. The summed E-state index contributed by atoms with van der Waals surface area (Å²) in [5.41, 5.74) is 2.90. The van der Waals surface area contributed by atoms with Crippen molar-refractivity contribution in [3.8, 4) is 0 Å². The first-order chi connectivity index (χ1) is 16.9. The molecule has 5 nitrogen and oxygen atoms in total. The predicted molar refractivity (Wildman–Crippen MR) is 133 cm³/mol. The smallest absolute Gasteiger partial charge is 0.240 e. The summed E-state index contributed by atoms with van der Waals surface area (Å²) in [4.78, 5) is 13.3. The second-order valence-corrected chi connectivity index (χ2v) is 9.84. The molecule has 2 N–H and O–H groups in total. The molecule has 4 aromatic rings. The lowest BCUT2D eigenvalue weighted by Crippen LogP contribution is -2.30. The van der Waals surface area contributed by atoms with Gasteiger partial charge in [0.05, 0.1) is 10.8 Å². The summed E-state index contributed by atoms with van der Waals surface area (Å²) >= 11 is 0. The van der Waals surface area contributed by atoms with Crippen LogP contribution in [0.5, 0.6) is 0 Å². The fraction of sp³-hybridized carbons (Fsp3) is 0.107. The van der Waals surface area contributed by atoms with Gasteiger partial charge in [0.1, 0.15) is 5.82 Å². The summed E-state index contributed by atoms with van der Waals surface area (Å²) in [6.45, 7) is 0.138. The molecule has 0 atom stereocenters. The molecule has 1 amide bonds. The van der Waals surface area contributed by atoms with Crippen LogP contribution >= 0.6 is 0 Å². The van der Waals surface area contributed by atoms with Crippen molar-refractivity contribution in [1.29, 1.82) is 0 Å². The van der Waals surface area contributed by atoms with Crippen LogP contribution in [0.3, 0.4) is 0 Å². The maximum atomic E-state index is 13.4. The molecule has 0 spiro atoms. The second-order valence-electron chi connectivity index (χ2n) is 8.07. The van der Waals surface area contributed by atoms with Crippen molar-refractivity contribution in [1.82, 2.24) is 10.0 Å². The van der Waals surface area contributed by atoms with Crippen LogP contribution in [0.1, 0.15) is 28.2 Å². The summed E-state index contributed by atoms with van der Waals surface area (Å²) in [5.74, 6) is -1.10. The van der Waals surface area contributed by atoms with Crippen LogP contribution in [0.2, 0.25) is 0 Å². The summed E-state index contributed by atoms with van der Waals surface area (Å²) in [6, 6.07) is 31.2. The van der Waals surface area contributed by atoms with Crippen LogP contribution in [0, 0.1) is 5.82 Å². The van der Waals surface area contributed by atoms with Crippen molar-refractivity contribution < 1.29 is 17.6 Å².